The number of nitrogen functional groups attached to an aromatic ring is 1. The van der Waals surface area contributed by atoms with Crippen LogP contribution in [0.15, 0.2) is 18.2 Å². The van der Waals surface area contributed by atoms with Crippen LogP contribution in [0.5, 0.6) is 0 Å². The van der Waals surface area contributed by atoms with E-state index >= 15 is 0 Å². The number of rotatable bonds is 2. The lowest BCUT2D eigenvalue weighted by molar-refractivity contribution is -0.146. The SMILES string of the molecule is Cc1cccc(N2CCN(CC(F)(F)F)CC2)c1N. The molecule has 0 radical (unpaired) electrons. The van der Waals surface area contributed by atoms with Gasteiger partial charge in [0.05, 0.1) is 17.9 Å². The van der Waals surface area contributed by atoms with E-state index in [0.29, 0.717) is 31.9 Å². The summed E-state index contributed by atoms with van der Waals surface area (Å²) in [5, 5.41) is 0. The van der Waals surface area contributed by atoms with Gasteiger partial charge in [0, 0.05) is 26.2 Å². The minimum Gasteiger partial charge on any atom is -0.397 e. The van der Waals surface area contributed by atoms with Crippen molar-refractivity contribution in [2.75, 3.05) is 43.4 Å². The predicted molar refractivity (Wildman–Crippen MR) is 70.3 cm³/mol. The quantitative estimate of drug-likeness (QED) is 0.839. The molecule has 0 aromatic heterocycles. The first kappa shape index (κ1) is 14.0. The second-order valence-electron chi connectivity index (χ2n) is 4.89. The number of alkyl halides is 3. The van der Waals surface area contributed by atoms with E-state index in [0.717, 1.165) is 11.3 Å². The number of piperazine rings is 1. The highest BCUT2D eigenvalue weighted by Crippen LogP contribution is 2.27. The third-order valence-corrected chi connectivity index (χ3v) is 3.42. The summed E-state index contributed by atoms with van der Waals surface area (Å²) >= 11 is 0. The topological polar surface area (TPSA) is 32.5 Å². The summed E-state index contributed by atoms with van der Waals surface area (Å²) in [5.41, 5.74) is 8.65. The molecule has 0 bridgehead atoms. The van der Waals surface area contributed by atoms with Crippen LogP contribution in [0.4, 0.5) is 24.5 Å². The normalized spacial score (nSPS) is 17.8. The molecule has 0 atom stereocenters. The Labute approximate surface area is 110 Å². The van der Waals surface area contributed by atoms with Gasteiger partial charge in [-0.2, -0.15) is 13.2 Å². The van der Waals surface area contributed by atoms with Gasteiger partial charge in [-0.25, -0.2) is 0 Å². The van der Waals surface area contributed by atoms with Crippen molar-refractivity contribution in [3.05, 3.63) is 23.8 Å². The number of nitrogens with two attached hydrogens (primary N) is 1. The third kappa shape index (κ3) is 3.53. The first-order valence-electron chi connectivity index (χ1n) is 6.26. The number of hydrogen-bond donors (Lipinski definition) is 1. The molecule has 1 heterocycles. The maximum atomic E-state index is 12.3. The molecule has 0 unspecified atom stereocenters. The number of halogens is 3. The van der Waals surface area contributed by atoms with E-state index in [1.807, 2.05) is 25.1 Å². The summed E-state index contributed by atoms with van der Waals surface area (Å²) in [6, 6.07) is 5.77. The minimum atomic E-state index is -4.12. The number of anilines is 2. The molecule has 1 aromatic carbocycles. The minimum absolute atomic E-state index is 0.410. The van der Waals surface area contributed by atoms with Crippen molar-refractivity contribution in [1.29, 1.82) is 0 Å². The number of benzene rings is 1. The molecule has 0 amide bonds. The summed E-state index contributed by atoms with van der Waals surface area (Å²) in [6.45, 7) is 3.07. The number of aryl methyl sites for hydroxylation is 1. The molecule has 3 nitrogen and oxygen atoms in total. The molecule has 2 rings (SSSR count). The van der Waals surface area contributed by atoms with Gasteiger partial charge in [0.15, 0.2) is 0 Å². The van der Waals surface area contributed by atoms with E-state index in [4.69, 9.17) is 5.73 Å². The van der Waals surface area contributed by atoms with Gasteiger partial charge in [-0.3, -0.25) is 4.90 Å². The fourth-order valence-electron chi connectivity index (χ4n) is 2.34. The lowest BCUT2D eigenvalue weighted by atomic mass is 10.1. The highest BCUT2D eigenvalue weighted by Gasteiger charge is 2.32. The lowest BCUT2D eigenvalue weighted by Crippen LogP contribution is -2.49. The van der Waals surface area contributed by atoms with Crippen LogP contribution < -0.4 is 10.6 Å². The second-order valence-corrected chi connectivity index (χ2v) is 4.89. The number of para-hydroxylation sites is 1. The van der Waals surface area contributed by atoms with Gasteiger partial charge in [0.1, 0.15) is 0 Å². The maximum Gasteiger partial charge on any atom is 0.401 e. The molecule has 0 spiro atoms. The Hall–Kier alpha value is -1.43. The average Bonchev–Trinajstić information content (AvgIpc) is 2.32. The fraction of sp³-hybridized carbons (Fsp3) is 0.538. The van der Waals surface area contributed by atoms with Gasteiger partial charge in [0.2, 0.25) is 0 Å². The molecular formula is C13H18F3N3. The zero-order valence-corrected chi connectivity index (χ0v) is 10.9. The first-order chi connectivity index (χ1) is 8.87. The Balaban J connectivity index is 1.98. The highest BCUT2D eigenvalue weighted by atomic mass is 19.4. The van der Waals surface area contributed by atoms with Crippen LogP contribution in [-0.2, 0) is 0 Å². The molecule has 0 aliphatic carbocycles. The van der Waals surface area contributed by atoms with Crippen molar-refractivity contribution in [3.63, 3.8) is 0 Å². The molecule has 1 aliphatic rings. The third-order valence-electron chi connectivity index (χ3n) is 3.42. The Morgan fingerprint density at radius 2 is 1.79 bits per heavy atom. The summed E-state index contributed by atoms with van der Waals surface area (Å²) in [4.78, 5) is 3.48. The monoisotopic (exact) mass is 273 g/mol. The average molecular weight is 273 g/mol. The smallest absolute Gasteiger partial charge is 0.397 e. The summed E-state index contributed by atoms with van der Waals surface area (Å²) in [5.74, 6) is 0. The molecule has 1 aliphatic heterocycles. The Morgan fingerprint density at radius 3 is 2.37 bits per heavy atom. The van der Waals surface area contributed by atoms with Crippen LogP contribution in [0, 0.1) is 6.92 Å². The Bertz CT molecular complexity index is 437. The zero-order chi connectivity index (χ0) is 14.0. The van der Waals surface area contributed by atoms with Crippen molar-refractivity contribution < 1.29 is 13.2 Å². The van der Waals surface area contributed by atoms with Crippen molar-refractivity contribution in [2.45, 2.75) is 13.1 Å². The zero-order valence-electron chi connectivity index (χ0n) is 10.9. The standard InChI is InChI=1S/C13H18F3N3/c1-10-3-2-4-11(12(10)17)19-7-5-18(6-8-19)9-13(14,15)16/h2-4H,5-9,17H2,1H3. The van der Waals surface area contributed by atoms with Crippen LogP contribution in [0.3, 0.4) is 0 Å². The van der Waals surface area contributed by atoms with Gasteiger partial charge >= 0.3 is 6.18 Å². The van der Waals surface area contributed by atoms with Crippen molar-refractivity contribution in [1.82, 2.24) is 4.90 Å². The number of hydrogen-bond acceptors (Lipinski definition) is 3. The van der Waals surface area contributed by atoms with E-state index < -0.39 is 12.7 Å². The van der Waals surface area contributed by atoms with E-state index in [9.17, 15) is 13.2 Å². The van der Waals surface area contributed by atoms with Crippen LogP contribution >= 0.6 is 0 Å². The summed E-state index contributed by atoms with van der Waals surface area (Å²) in [7, 11) is 0. The molecule has 1 saturated heterocycles. The van der Waals surface area contributed by atoms with Crippen LogP contribution in [-0.4, -0.2) is 43.8 Å². The lowest BCUT2D eigenvalue weighted by Gasteiger charge is -2.37. The van der Waals surface area contributed by atoms with Gasteiger partial charge in [-0.05, 0) is 18.6 Å². The molecule has 1 fully saturated rings. The maximum absolute atomic E-state index is 12.3. The molecule has 19 heavy (non-hydrogen) atoms. The van der Waals surface area contributed by atoms with Gasteiger partial charge in [0.25, 0.3) is 0 Å². The van der Waals surface area contributed by atoms with Crippen LogP contribution in [0.1, 0.15) is 5.56 Å². The van der Waals surface area contributed by atoms with E-state index in [2.05, 4.69) is 4.90 Å². The number of nitrogens with zero attached hydrogens (tertiary/aromatic N) is 2. The van der Waals surface area contributed by atoms with E-state index in [1.165, 1.54) is 4.90 Å². The van der Waals surface area contributed by atoms with Crippen molar-refractivity contribution in [2.24, 2.45) is 0 Å². The molecular weight excluding hydrogens is 255 g/mol. The van der Waals surface area contributed by atoms with Gasteiger partial charge < -0.3 is 10.6 Å². The van der Waals surface area contributed by atoms with Crippen LogP contribution in [0.2, 0.25) is 0 Å². The predicted octanol–water partition coefficient (Wildman–Crippen LogP) is 2.26. The molecule has 6 heteroatoms. The van der Waals surface area contributed by atoms with Gasteiger partial charge in [-0.15, -0.1) is 0 Å². The molecule has 0 saturated carbocycles. The van der Waals surface area contributed by atoms with Crippen LogP contribution in [0.25, 0.3) is 0 Å². The summed E-state index contributed by atoms with van der Waals surface area (Å²) < 4.78 is 36.9. The van der Waals surface area contributed by atoms with Crippen molar-refractivity contribution in [3.8, 4) is 0 Å². The summed E-state index contributed by atoms with van der Waals surface area (Å²) in [6.07, 6.45) is -4.12. The van der Waals surface area contributed by atoms with E-state index in [1.54, 1.807) is 0 Å². The largest absolute Gasteiger partial charge is 0.401 e. The van der Waals surface area contributed by atoms with Crippen molar-refractivity contribution >= 4 is 11.4 Å². The first-order valence-corrected chi connectivity index (χ1v) is 6.26. The Kier molecular flexibility index (Phi) is 3.89. The molecule has 106 valence electrons. The molecule has 2 N–H and O–H groups in total. The molecule has 1 aromatic rings. The fourth-order valence-corrected chi connectivity index (χ4v) is 2.34. The second kappa shape index (κ2) is 5.28. The van der Waals surface area contributed by atoms with E-state index in [-0.39, 0.29) is 0 Å². The highest BCUT2D eigenvalue weighted by molar-refractivity contribution is 5.71. The van der Waals surface area contributed by atoms with Gasteiger partial charge in [-0.1, -0.05) is 12.1 Å². The Morgan fingerprint density at radius 1 is 1.16 bits per heavy atom.